The minimum atomic E-state index is -3.45. The molecule has 0 radical (unpaired) electrons. The summed E-state index contributed by atoms with van der Waals surface area (Å²) in [6.07, 6.45) is 1.25. The van der Waals surface area contributed by atoms with Crippen LogP contribution in [-0.2, 0) is 19.6 Å². The van der Waals surface area contributed by atoms with Crippen molar-refractivity contribution in [2.24, 2.45) is 0 Å². The number of carbonyl (C=O) groups excluding carboxylic acids is 1. The molecule has 0 aliphatic rings. The Morgan fingerprint density at radius 2 is 2.00 bits per heavy atom. The summed E-state index contributed by atoms with van der Waals surface area (Å²) in [5.74, 6) is -0.198. The molecule has 124 valence electrons. The van der Waals surface area contributed by atoms with Gasteiger partial charge < -0.3 is 10.1 Å². The van der Waals surface area contributed by atoms with E-state index < -0.39 is 10.0 Å². The second-order valence-corrected chi connectivity index (χ2v) is 7.05. The highest BCUT2D eigenvalue weighted by Gasteiger charge is 2.20. The highest BCUT2D eigenvalue weighted by Crippen LogP contribution is 2.25. The molecule has 0 saturated heterocycles. The zero-order chi connectivity index (χ0) is 16.8. The molecule has 1 aromatic rings. The van der Waals surface area contributed by atoms with Crippen molar-refractivity contribution in [3.05, 3.63) is 29.3 Å². The van der Waals surface area contributed by atoms with E-state index in [1.165, 1.54) is 4.31 Å². The summed E-state index contributed by atoms with van der Waals surface area (Å²) in [7, 11) is -1.90. The van der Waals surface area contributed by atoms with Crippen LogP contribution in [0.2, 0.25) is 0 Å². The number of anilines is 1. The molecule has 0 atom stereocenters. The van der Waals surface area contributed by atoms with Crippen molar-refractivity contribution < 1.29 is 17.9 Å². The quantitative estimate of drug-likeness (QED) is 0.728. The van der Waals surface area contributed by atoms with Crippen molar-refractivity contribution in [3.8, 4) is 0 Å². The van der Waals surface area contributed by atoms with Gasteiger partial charge in [0.15, 0.2) is 0 Å². The molecule has 0 aliphatic heterocycles. The summed E-state index contributed by atoms with van der Waals surface area (Å²) in [5.41, 5.74) is 2.52. The van der Waals surface area contributed by atoms with E-state index in [1.807, 2.05) is 26.0 Å². The third-order valence-corrected chi connectivity index (χ3v) is 4.60. The lowest BCUT2D eigenvalue weighted by Gasteiger charge is -2.24. The zero-order valence-electron chi connectivity index (χ0n) is 13.5. The van der Waals surface area contributed by atoms with Crippen LogP contribution in [0.4, 0.5) is 5.69 Å². The lowest BCUT2D eigenvalue weighted by atomic mass is 10.1. The second-order valence-electron chi connectivity index (χ2n) is 5.15. The second kappa shape index (κ2) is 8.14. The number of aryl methyl sites for hydroxylation is 1. The highest BCUT2D eigenvalue weighted by molar-refractivity contribution is 7.92. The first-order valence-electron chi connectivity index (χ1n) is 7.07. The number of rotatable bonds is 8. The number of sulfonamides is 1. The maximum Gasteiger partial charge on any atom is 0.232 e. The maximum atomic E-state index is 12.0. The molecule has 1 N–H and O–H groups in total. The standard InChI is InChI=1S/C15H24N2O4S/c1-12-6-5-7-14(13(12)2)17(22(4,19)20)10-8-15(18)16-9-11-21-3/h5-7H,8-11H2,1-4H3,(H,16,18). The van der Waals surface area contributed by atoms with Crippen molar-refractivity contribution in [2.75, 3.05) is 37.4 Å². The summed E-state index contributed by atoms with van der Waals surface area (Å²) in [5, 5.41) is 2.68. The van der Waals surface area contributed by atoms with Gasteiger partial charge in [-0.1, -0.05) is 12.1 Å². The third kappa shape index (κ3) is 5.31. The number of ether oxygens (including phenoxy) is 1. The summed E-state index contributed by atoms with van der Waals surface area (Å²) >= 11 is 0. The van der Waals surface area contributed by atoms with Gasteiger partial charge in [-0.25, -0.2) is 8.42 Å². The lowest BCUT2D eigenvalue weighted by molar-refractivity contribution is -0.121. The molecule has 0 bridgehead atoms. The van der Waals surface area contributed by atoms with E-state index in [-0.39, 0.29) is 18.9 Å². The van der Waals surface area contributed by atoms with Crippen LogP contribution >= 0.6 is 0 Å². The van der Waals surface area contributed by atoms with Crippen LogP contribution in [0.1, 0.15) is 17.5 Å². The Labute approximate surface area is 132 Å². The molecule has 0 aliphatic carbocycles. The smallest absolute Gasteiger partial charge is 0.232 e. The molecule has 0 aromatic heterocycles. The Balaban J connectivity index is 2.84. The molecule has 0 heterocycles. The minimum Gasteiger partial charge on any atom is -0.383 e. The van der Waals surface area contributed by atoms with E-state index in [0.29, 0.717) is 18.8 Å². The van der Waals surface area contributed by atoms with Gasteiger partial charge >= 0.3 is 0 Å². The number of carbonyl (C=O) groups is 1. The number of methoxy groups -OCH3 is 1. The average Bonchev–Trinajstić information content (AvgIpc) is 2.42. The Morgan fingerprint density at radius 3 is 2.59 bits per heavy atom. The summed E-state index contributed by atoms with van der Waals surface area (Å²) < 4.78 is 30.2. The van der Waals surface area contributed by atoms with Crippen LogP contribution in [0.5, 0.6) is 0 Å². The topological polar surface area (TPSA) is 75.7 Å². The normalized spacial score (nSPS) is 11.3. The van der Waals surface area contributed by atoms with E-state index in [9.17, 15) is 13.2 Å². The molecule has 22 heavy (non-hydrogen) atoms. The van der Waals surface area contributed by atoms with Crippen molar-refractivity contribution >= 4 is 21.6 Å². The number of benzene rings is 1. The monoisotopic (exact) mass is 328 g/mol. The van der Waals surface area contributed by atoms with Gasteiger partial charge in [-0.05, 0) is 31.0 Å². The van der Waals surface area contributed by atoms with Gasteiger partial charge in [0.2, 0.25) is 15.9 Å². The van der Waals surface area contributed by atoms with Crippen molar-refractivity contribution in [2.45, 2.75) is 20.3 Å². The fourth-order valence-electron chi connectivity index (χ4n) is 2.05. The van der Waals surface area contributed by atoms with Crippen molar-refractivity contribution in [1.29, 1.82) is 0 Å². The fraction of sp³-hybridized carbons (Fsp3) is 0.533. The molecule has 0 fully saturated rings. The largest absolute Gasteiger partial charge is 0.383 e. The molecule has 0 saturated carbocycles. The van der Waals surface area contributed by atoms with E-state index in [0.717, 1.165) is 17.4 Å². The summed E-state index contributed by atoms with van der Waals surface area (Å²) in [4.78, 5) is 11.7. The van der Waals surface area contributed by atoms with Crippen LogP contribution in [0, 0.1) is 13.8 Å². The Bertz CT molecular complexity index is 614. The molecule has 1 rings (SSSR count). The number of hydrogen-bond acceptors (Lipinski definition) is 4. The van der Waals surface area contributed by atoms with Crippen LogP contribution in [0.3, 0.4) is 0 Å². The van der Waals surface area contributed by atoms with Gasteiger partial charge in [-0.2, -0.15) is 0 Å². The number of amides is 1. The molecule has 0 unspecified atom stereocenters. The van der Waals surface area contributed by atoms with E-state index in [1.54, 1.807) is 13.2 Å². The summed E-state index contributed by atoms with van der Waals surface area (Å²) in [6.45, 7) is 4.76. The molecule has 1 aromatic carbocycles. The van der Waals surface area contributed by atoms with Crippen molar-refractivity contribution in [3.63, 3.8) is 0 Å². The molecule has 1 amide bonds. The van der Waals surface area contributed by atoms with Crippen LogP contribution in [0.25, 0.3) is 0 Å². The Hall–Kier alpha value is -1.60. The molecule has 6 nitrogen and oxygen atoms in total. The van der Waals surface area contributed by atoms with Crippen molar-refractivity contribution in [1.82, 2.24) is 5.32 Å². The fourth-order valence-corrected chi connectivity index (χ4v) is 3.03. The third-order valence-electron chi connectivity index (χ3n) is 3.42. The maximum absolute atomic E-state index is 12.0. The SMILES string of the molecule is COCCNC(=O)CCN(c1cccc(C)c1C)S(C)(=O)=O. The van der Waals surface area contributed by atoms with Gasteiger partial charge in [0.25, 0.3) is 0 Å². The molecular weight excluding hydrogens is 304 g/mol. The molecular formula is C15H24N2O4S. The van der Waals surface area contributed by atoms with Crippen LogP contribution in [-0.4, -0.2) is 47.4 Å². The first-order valence-corrected chi connectivity index (χ1v) is 8.91. The first-order chi connectivity index (χ1) is 10.3. The Kier molecular flexibility index (Phi) is 6.83. The average molecular weight is 328 g/mol. The zero-order valence-corrected chi connectivity index (χ0v) is 14.4. The van der Waals surface area contributed by atoms with E-state index in [4.69, 9.17) is 4.74 Å². The van der Waals surface area contributed by atoms with Gasteiger partial charge in [0.05, 0.1) is 18.6 Å². The number of hydrogen-bond donors (Lipinski definition) is 1. The van der Waals surface area contributed by atoms with Crippen LogP contribution in [0.15, 0.2) is 18.2 Å². The van der Waals surface area contributed by atoms with Crippen LogP contribution < -0.4 is 9.62 Å². The van der Waals surface area contributed by atoms with E-state index >= 15 is 0 Å². The predicted molar refractivity (Wildman–Crippen MR) is 87.6 cm³/mol. The predicted octanol–water partition coefficient (Wildman–Crippen LogP) is 1.22. The van der Waals surface area contributed by atoms with E-state index in [2.05, 4.69) is 5.32 Å². The highest BCUT2D eigenvalue weighted by atomic mass is 32.2. The van der Waals surface area contributed by atoms with Gasteiger partial charge in [0, 0.05) is 26.6 Å². The number of nitrogens with one attached hydrogen (secondary N) is 1. The first kappa shape index (κ1) is 18.4. The molecule has 0 spiro atoms. The number of nitrogens with zero attached hydrogens (tertiary/aromatic N) is 1. The lowest BCUT2D eigenvalue weighted by Crippen LogP contribution is -2.35. The van der Waals surface area contributed by atoms with Gasteiger partial charge in [-0.3, -0.25) is 9.10 Å². The minimum absolute atomic E-state index is 0.101. The van der Waals surface area contributed by atoms with Gasteiger partial charge in [-0.15, -0.1) is 0 Å². The Morgan fingerprint density at radius 1 is 1.32 bits per heavy atom. The molecule has 7 heteroatoms. The summed E-state index contributed by atoms with van der Waals surface area (Å²) in [6, 6.07) is 5.50. The van der Waals surface area contributed by atoms with Gasteiger partial charge in [0.1, 0.15) is 0 Å².